The van der Waals surface area contributed by atoms with E-state index in [1.165, 1.54) is 6.07 Å². The third-order valence-electron chi connectivity index (χ3n) is 2.71. The SMILES string of the molecule is Fc1cccc(-c2cccc(-c3[c-]cccc3)n2)n1.[Cl][Ni]. The zero-order valence-corrected chi connectivity index (χ0v) is 12.5. The molecule has 0 saturated carbocycles. The summed E-state index contributed by atoms with van der Waals surface area (Å²) in [6, 6.07) is 21.0. The molecule has 2 heterocycles. The van der Waals surface area contributed by atoms with Gasteiger partial charge in [0, 0.05) is 0 Å². The Morgan fingerprint density at radius 2 is 1.48 bits per heavy atom. The van der Waals surface area contributed by atoms with Crippen LogP contribution in [0.25, 0.3) is 22.6 Å². The van der Waals surface area contributed by atoms with Gasteiger partial charge in [0.15, 0.2) is 0 Å². The van der Waals surface area contributed by atoms with E-state index in [9.17, 15) is 4.39 Å². The van der Waals surface area contributed by atoms with Gasteiger partial charge in [0.05, 0.1) is 11.4 Å². The molecule has 0 aliphatic carbocycles. The van der Waals surface area contributed by atoms with Crippen molar-refractivity contribution in [2.24, 2.45) is 0 Å². The van der Waals surface area contributed by atoms with Gasteiger partial charge in [-0.3, -0.25) is 4.98 Å². The van der Waals surface area contributed by atoms with E-state index in [-0.39, 0.29) is 0 Å². The molecule has 0 aliphatic heterocycles. The maximum atomic E-state index is 13.1. The van der Waals surface area contributed by atoms with E-state index in [1.54, 1.807) is 12.1 Å². The molecule has 2 aromatic heterocycles. The molecule has 109 valence electrons. The van der Waals surface area contributed by atoms with Crippen molar-refractivity contribution in [3.8, 4) is 22.6 Å². The van der Waals surface area contributed by atoms with E-state index >= 15 is 0 Å². The molecule has 0 saturated heterocycles. The Balaban J connectivity index is 0.000000774. The fraction of sp³-hybridized carbons (Fsp3) is 0. The van der Waals surface area contributed by atoms with Crippen molar-refractivity contribution < 1.29 is 19.0 Å². The number of benzene rings is 1. The molecule has 0 radical (unpaired) electrons. The van der Waals surface area contributed by atoms with Crippen molar-refractivity contribution in [2.75, 3.05) is 0 Å². The summed E-state index contributed by atoms with van der Waals surface area (Å²) in [6.07, 6.45) is 0. The topological polar surface area (TPSA) is 25.8 Å². The molecule has 0 spiro atoms. The fourth-order valence-electron chi connectivity index (χ4n) is 1.83. The Labute approximate surface area is 134 Å². The fourth-order valence-corrected chi connectivity index (χ4v) is 1.83. The first-order chi connectivity index (χ1) is 10.3. The van der Waals surface area contributed by atoms with Gasteiger partial charge >= 0.3 is 24.8 Å². The Kier molecular flexibility index (Phi) is 5.85. The van der Waals surface area contributed by atoms with Gasteiger partial charge in [-0.15, -0.1) is 35.9 Å². The number of aromatic nitrogens is 2. The third kappa shape index (κ3) is 4.10. The molecule has 3 rings (SSSR count). The van der Waals surface area contributed by atoms with Crippen molar-refractivity contribution in [3.63, 3.8) is 0 Å². The van der Waals surface area contributed by atoms with Gasteiger partial charge in [-0.2, -0.15) is 4.39 Å². The first-order valence-corrected chi connectivity index (χ1v) is 7.38. The Hall–Kier alpha value is -1.77. The van der Waals surface area contributed by atoms with E-state index in [0.29, 0.717) is 11.4 Å². The molecule has 0 bridgehead atoms. The van der Waals surface area contributed by atoms with Gasteiger partial charge in [-0.05, 0) is 23.9 Å². The normalized spacial score (nSPS) is 9.71. The summed E-state index contributed by atoms with van der Waals surface area (Å²) in [5.74, 6) is -0.504. The summed E-state index contributed by atoms with van der Waals surface area (Å²) in [7, 11) is 4.26. The Morgan fingerprint density at radius 1 is 0.810 bits per heavy atom. The number of nitrogens with zero attached hydrogens (tertiary/aromatic N) is 2. The number of rotatable bonds is 2. The van der Waals surface area contributed by atoms with E-state index in [0.717, 1.165) is 11.3 Å². The van der Waals surface area contributed by atoms with Crippen LogP contribution in [0.2, 0.25) is 0 Å². The molecule has 0 N–H and O–H groups in total. The van der Waals surface area contributed by atoms with Crippen LogP contribution in [0.4, 0.5) is 4.39 Å². The third-order valence-corrected chi connectivity index (χ3v) is 2.71. The number of hydrogen-bond donors (Lipinski definition) is 0. The summed E-state index contributed by atoms with van der Waals surface area (Å²) in [5.41, 5.74) is 2.87. The summed E-state index contributed by atoms with van der Waals surface area (Å²) in [5, 5.41) is 0. The van der Waals surface area contributed by atoms with E-state index in [4.69, 9.17) is 0 Å². The van der Waals surface area contributed by atoms with Crippen LogP contribution >= 0.6 is 10.2 Å². The molecule has 5 heteroatoms. The van der Waals surface area contributed by atoms with E-state index in [1.807, 2.05) is 42.5 Å². The zero-order valence-electron chi connectivity index (χ0n) is 10.7. The summed E-state index contributed by atoms with van der Waals surface area (Å²) >= 11 is 3.35. The average Bonchev–Trinajstić information content (AvgIpc) is 2.58. The first kappa shape index (κ1) is 15.6. The van der Waals surface area contributed by atoms with E-state index < -0.39 is 5.95 Å². The van der Waals surface area contributed by atoms with Crippen LogP contribution in [0.3, 0.4) is 0 Å². The quantitative estimate of drug-likeness (QED) is 0.391. The van der Waals surface area contributed by atoms with Crippen LogP contribution in [-0.4, -0.2) is 9.97 Å². The molecule has 2 nitrogen and oxygen atoms in total. The molecule has 0 amide bonds. The van der Waals surface area contributed by atoms with Crippen molar-refractivity contribution >= 4 is 10.2 Å². The van der Waals surface area contributed by atoms with Gasteiger partial charge in [0.2, 0.25) is 5.95 Å². The predicted octanol–water partition coefficient (Wildman–Crippen LogP) is 4.44. The van der Waals surface area contributed by atoms with Crippen molar-refractivity contribution in [3.05, 3.63) is 72.7 Å². The first-order valence-electron chi connectivity index (χ1n) is 6.02. The molecule has 0 atom stereocenters. The van der Waals surface area contributed by atoms with Crippen molar-refractivity contribution in [2.45, 2.75) is 0 Å². The summed E-state index contributed by atoms with van der Waals surface area (Å²) in [6.45, 7) is 0. The Morgan fingerprint density at radius 3 is 2.14 bits per heavy atom. The van der Waals surface area contributed by atoms with Gasteiger partial charge in [0.1, 0.15) is 0 Å². The number of hydrogen-bond acceptors (Lipinski definition) is 2. The molecule has 1 aromatic carbocycles. The molecule has 21 heavy (non-hydrogen) atoms. The van der Waals surface area contributed by atoms with Gasteiger partial charge in [-0.1, -0.05) is 18.2 Å². The minimum absolute atomic E-state index is 0.504. The van der Waals surface area contributed by atoms with Crippen LogP contribution < -0.4 is 0 Å². The Bertz CT molecular complexity index is 707. The maximum absolute atomic E-state index is 13.1. The van der Waals surface area contributed by atoms with Crippen LogP contribution in [0.1, 0.15) is 0 Å². The molecule has 0 unspecified atom stereocenters. The number of halogens is 2. The number of pyridine rings is 2. The van der Waals surface area contributed by atoms with Crippen molar-refractivity contribution in [1.82, 2.24) is 9.97 Å². The van der Waals surface area contributed by atoms with Crippen LogP contribution in [0.5, 0.6) is 0 Å². The molecule has 0 aliphatic rings. The van der Waals surface area contributed by atoms with Gasteiger partial charge in [0.25, 0.3) is 0 Å². The molecular formula is C16H10ClFN2Ni-. The van der Waals surface area contributed by atoms with Gasteiger partial charge in [-0.25, -0.2) is 4.98 Å². The standard InChI is InChI=1S/C16H10FN2.ClH.Ni/c17-16-11-5-10-15(19-16)14-9-4-8-13(18-14)12-6-2-1-3-7-12;;/h1-6,8-11H;1H;/q-1;;+1/p-1. The molecule has 3 aromatic rings. The molecular weight excluding hydrogens is 333 g/mol. The minimum atomic E-state index is -0.504. The van der Waals surface area contributed by atoms with E-state index in [2.05, 4.69) is 40.8 Å². The monoisotopic (exact) mass is 342 g/mol. The van der Waals surface area contributed by atoms with Gasteiger partial charge < -0.3 is 0 Å². The summed E-state index contributed by atoms with van der Waals surface area (Å²) < 4.78 is 13.1. The van der Waals surface area contributed by atoms with Crippen LogP contribution in [0, 0.1) is 12.0 Å². The molecule has 0 fully saturated rings. The van der Waals surface area contributed by atoms with Crippen LogP contribution in [0.15, 0.2) is 60.7 Å². The second-order valence-corrected chi connectivity index (χ2v) is 4.03. The predicted molar refractivity (Wildman–Crippen MR) is 77.6 cm³/mol. The second kappa shape index (κ2) is 7.87. The average molecular weight is 343 g/mol. The van der Waals surface area contributed by atoms with Crippen molar-refractivity contribution in [1.29, 1.82) is 0 Å². The summed E-state index contributed by atoms with van der Waals surface area (Å²) in [4.78, 5) is 8.33. The van der Waals surface area contributed by atoms with Crippen LogP contribution in [-0.2, 0) is 14.6 Å². The zero-order chi connectivity index (χ0) is 15.1. The second-order valence-electron chi connectivity index (χ2n) is 4.03.